The van der Waals surface area contributed by atoms with Crippen molar-refractivity contribution >= 4 is 5.97 Å². The lowest BCUT2D eigenvalue weighted by Gasteiger charge is -2.08. The fourth-order valence-electron chi connectivity index (χ4n) is 0.269. The second-order valence-corrected chi connectivity index (χ2v) is 1.61. The molecule has 0 aromatic heterocycles. The molecule has 0 aliphatic rings. The van der Waals surface area contributed by atoms with Gasteiger partial charge >= 0.3 is 12.1 Å². The average Bonchev–Trinajstić information content (AvgIpc) is 1.60. The summed E-state index contributed by atoms with van der Waals surface area (Å²) in [6, 6.07) is 0. The molecule has 2 nitrogen and oxygen atoms in total. The van der Waals surface area contributed by atoms with E-state index in [-0.39, 0.29) is 0 Å². The summed E-state index contributed by atoms with van der Waals surface area (Å²) in [5.74, 6) is -1.80. The monoisotopic (exact) mass is 160 g/mol. The minimum absolute atomic E-state index is 1.52. The number of hydrogen-bond donors (Lipinski definition) is 1. The fraction of sp³-hybridized carbons (Fsp3) is 0.750. The van der Waals surface area contributed by atoms with E-state index in [2.05, 4.69) is 0 Å². The van der Waals surface area contributed by atoms with Crippen LogP contribution in [0.15, 0.2) is 0 Å². The van der Waals surface area contributed by atoms with Crippen molar-refractivity contribution in [2.75, 3.05) is 0 Å². The first-order valence-electron chi connectivity index (χ1n) is 2.26. The van der Waals surface area contributed by atoms with Gasteiger partial charge in [-0.2, -0.15) is 13.2 Å². The molecule has 0 heterocycles. The normalized spacial score (nSPS) is 14.8. The Bertz CT molecular complexity index is 130. The molecule has 0 rings (SSSR count). The third-order valence-corrected chi connectivity index (χ3v) is 0.709. The van der Waals surface area contributed by atoms with Crippen LogP contribution in [0.3, 0.4) is 0 Å². The first-order chi connectivity index (χ1) is 4.34. The molecule has 1 atom stereocenters. The topological polar surface area (TPSA) is 37.3 Å². The highest BCUT2D eigenvalue weighted by Crippen LogP contribution is 2.24. The smallest absolute Gasteiger partial charge is 0.420 e. The maximum Gasteiger partial charge on any atom is 0.420 e. The van der Waals surface area contributed by atoms with Gasteiger partial charge in [-0.05, 0) is 0 Å². The zero-order valence-electron chi connectivity index (χ0n) is 4.65. The van der Waals surface area contributed by atoms with Crippen molar-refractivity contribution in [2.24, 2.45) is 0 Å². The van der Waals surface area contributed by atoms with Crippen molar-refractivity contribution in [3.63, 3.8) is 0 Å². The lowest BCUT2D eigenvalue weighted by Crippen LogP contribution is -2.26. The second-order valence-electron chi connectivity index (χ2n) is 1.61. The Balaban J connectivity index is 3.85. The zero-order chi connectivity index (χ0) is 8.36. The number of halogens is 4. The predicted octanol–water partition coefficient (Wildman–Crippen LogP) is 1.36. The molecule has 0 spiro atoms. The van der Waals surface area contributed by atoms with Crippen molar-refractivity contribution in [3.8, 4) is 0 Å². The zero-order valence-corrected chi connectivity index (χ0v) is 4.65. The first kappa shape index (κ1) is 9.19. The SMILES string of the molecule is O=C(O)CC(F)C(F)(F)F. The van der Waals surface area contributed by atoms with Crippen LogP contribution in [0.4, 0.5) is 17.6 Å². The molecule has 0 amide bonds. The van der Waals surface area contributed by atoms with Crippen LogP contribution in [0.1, 0.15) is 6.42 Å². The lowest BCUT2D eigenvalue weighted by molar-refractivity contribution is -0.187. The number of carboxylic acids is 1. The van der Waals surface area contributed by atoms with E-state index in [0.29, 0.717) is 0 Å². The third kappa shape index (κ3) is 3.26. The number of rotatable bonds is 2. The summed E-state index contributed by atoms with van der Waals surface area (Å²) in [6.45, 7) is 0. The van der Waals surface area contributed by atoms with Crippen LogP contribution in [-0.2, 0) is 4.79 Å². The Hall–Kier alpha value is -0.810. The summed E-state index contributed by atoms with van der Waals surface area (Å²) in [4.78, 5) is 9.52. The number of carbonyl (C=O) groups is 1. The van der Waals surface area contributed by atoms with Crippen LogP contribution in [0.25, 0.3) is 0 Å². The molecule has 60 valence electrons. The van der Waals surface area contributed by atoms with Crippen LogP contribution in [0.5, 0.6) is 0 Å². The molecular formula is C4H4F4O2. The Kier molecular flexibility index (Phi) is 2.62. The molecule has 1 N–H and O–H groups in total. The van der Waals surface area contributed by atoms with E-state index in [9.17, 15) is 22.4 Å². The fourth-order valence-corrected chi connectivity index (χ4v) is 0.269. The third-order valence-electron chi connectivity index (χ3n) is 0.709. The highest BCUT2D eigenvalue weighted by Gasteiger charge is 2.41. The van der Waals surface area contributed by atoms with Gasteiger partial charge in [0.05, 0.1) is 6.42 Å². The van der Waals surface area contributed by atoms with E-state index in [1.54, 1.807) is 0 Å². The second kappa shape index (κ2) is 2.85. The molecule has 0 radical (unpaired) electrons. The van der Waals surface area contributed by atoms with Gasteiger partial charge in [0.25, 0.3) is 0 Å². The van der Waals surface area contributed by atoms with Gasteiger partial charge in [0.15, 0.2) is 0 Å². The van der Waals surface area contributed by atoms with E-state index >= 15 is 0 Å². The Morgan fingerprint density at radius 3 is 2.00 bits per heavy atom. The maximum atomic E-state index is 11.7. The molecule has 6 heteroatoms. The highest BCUT2D eigenvalue weighted by atomic mass is 19.4. The molecule has 0 fully saturated rings. The minimum atomic E-state index is -5.06. The number of aliphatic carboxylic acids is 1. The van der Waals surface area contributed by atoms with Crippen molar-refractivity contribution in [2.45, 2.75) is 18.8 Å². The molecule has 0 bridgehead atoms. The Morgan fingerprint density at radius 2 is 1.90 bits per heavy atom. The summed E-state index contributed by atoms with van der Waals surface area (Å²) in [5.41, 5.74) is 0. The van der Waals surface area contributed by atoms with E-state index in [4.69, 9.17) is 5.11 Å². The van der Waals surface area contributed by atoms with E-state index in [0.717, 1.165) is 0 Å². The molecular weight excluding hydrogens is 156 g/mol. The quantitative estimate of drug-likeness (QED) is 0.619. The summed E-state index contributed by atoms with van der Waals surface area (Å²) < 4.78 is 45.2. The average molecular weight is 160 g/mol. The number of alkyl halides is 4. The molecule has 1 unspecified atom stereocenters. The summed E-state index contributed by atoms with van der Waals surface area (Å²) in [7, 11) is 0. The van der Waals surface area contributed by atoms with Crippen molar-refractivity contribution in [3.05, 3.63) is 0 Å². The van der Waals surface area contributed by atoms with E-state index in [1.807, 2.05) is 0 Å². The predicted molar refractivity (Wildman–Crippen MR) is 23.2 cm³/mol. The van der Waals surface area contributed by atoms with Gasteiger partial charge < -0.3 is 5.11 Å². The van der Waals surface area contributed by atoms with Crippen LogP contribution >= 0.6 is 0 Å². The highest BCUT2D eigenvalue weighted by molar-refractivity contribution is 5.67. The van der Waals surface area contributed by atoms with Gasteiger partial charge in [0.2, 0.25) is 6.17 Å². The van der Waals surface area contributed by atoms with Crippen molar-refractivity contribution in [1.29, 1.82) is 0 Å². The molecule has 0 aromatic carbocycles. The Labute approximate surface area is 53.5 Å². The van der Waals surface area contributed by atoms with Crippen LogP contribution in [-0.4, -0.2) is 23.4 Å². The van der Waals surface area contributed by atoms with Crippen molar-refractivity contribution in [1.82, 2.24) is 0 Å². The lowest BCUT2D eigenvalue weighted by atomic mass is 10.3. The van der Waals surface area contributed by atoms with Gasteiger partial charge in [-0.1, -0.05) is 0 Å². The Morgan fingerprint density at radius 1 is 1.50 bits per heavy atom. The van der Waals surface area contributed by atoms with Crippen LogP contribution < -0.4 is 0 Å². The molecule has 0 aliphatic heterocycles. The van der Waals surface area contributed by atoms with Crippen molar-refractivity contribution < 1.29 is 27.5 Å². The van der Waals surface area contributed by atoms with Gasteiger partial charge in [0, 0.05) is 0 Å². The van der Waals surface area contributed by atoms with E-state index in [1.165, 1.54) is 0 Å². The maximum absolute atomic E-state index is 11.7. The largest absolute Gasteiger partial charge is 0.481 e. The van der Waals surface area contributed by atoms with Gasteiger partial charge in [0.1, 0.15) is 0 Å². The summed E-state index contributed by atoms with van der Waals surface area (Å²) in [6.07, 6.45) is -9.84. The molecule has 0 saturated carbocycles. The summed E-state index contributed by atoms with van der Waals surface area (Å²) >= 11 is 0. The first-order valence-corrected chi connectivity index (χ1v) is 2.26. The van der Waals surface area contributed by atoms with Gasteiger partial charge in [-0.3, -0.25) is 4.79 Å². The van der Waals surface area contributed by atoms with Crippen LogP contribution in [0.2, 0.25) is 0 Å². The van der Waals surface area contributed by atoms with Gasteiger partial charge in [-0.25, -0.2) is 4.39 Å². The van der Waals surface area contributed by atoms with E-state index < -0.39 is 24.7 Å². The standard InChI is InChI=1S/C4H4F4O2/c5-2(1-3(9)10)4(6,7)8/h2H,1H2,(H,9,10). The molecule has 10 heavy (non-hydrogen) atoms. The van der Waals surface area contributed by atoms with Gasteiger partial charge in [-0.15, -0.1) is 0 Å². The number of hydrogen-bond acceptors (Lipinski definition) is 1. The minimum Gasteiger partial charge on any atom is -0.481 e. The molecule has 0 saturated heterocycles. The van der Waals surface area contributed by atoms with Crippen LogP contribution in [0, 0.1) is 0 Å². The molecule has 0 aromatic rings. The summed E-state index contributed by atoms with van der Waals surface area (Å²) in [5, 5.41) is 7.71. The number of carboxylic acid groups (broad SMARTS) is 1. The molecule has 0 aliphatic carbocycles.